The molecule has 3 amide bonds. The molecule has 0 aromatic rings. The van der Waals surface area contributed by atoms with E-state index in [1.165, 1.54) is 13.8 Å². The van der Waals surface area contributed by atoms with Crippen molar-refractivity contribution in [3.63, 3.8) is 0 Å². The van der Waals surface area contributed by atoms with Crippen molar-refractivity contribution >= 4 is 29.7 Å². The summed E-state index contributed by atoms with van der Waals surface area (Å²) in [6, 6.07) is -3.67. The number of nitrogens with two attached hydrogens (primary N) is 3. The predicted molar refractivity (Wildman–Crippen MR) is 99.7 cm³/mol. The van der Waals surface area contributed by atoms with Crippen LogP contribution in [-0.4, -0.2) is 77.2 Å². The van der Waals surface area contributed by atoms with Gasteiger partial charge in [0.2, 0.25) is 17.7 Å². The van der Waals surface area contributed by atoms with Gasteiger partial charge in [0.25, 0.3) is 0 Å². The summed E-state index contributed by atoms with van der Waals surface area (Å²) >= 11 is 0. The number of carbonyl (C=O) groups is 4. The van der Waals surface area contributed by atoms with Crippen molar-refractivity contribution in [2.75, 3.05) is 13.1 Å². The fourth-order valence-electron chi connectivity index (χ4n) is 2.05. The Bertz CT molecular complexity index is 591. The fraction of sp³-hybridized carbons (Fsp3) is 0.667. The van der Waals surface area contributed by atoms with Crippen LogP contribution in [0, 0.1) is 0 Å². The maximum absolute atomic E-state index is 12.4. The maximum atomic E-state index is 12.4. The predicted octanol–water partition coefficient (Wildman–Crippen LogP) is -4.06. The highest BCUT2D eigenvalue weighted by atomic mass is 16.4. The summed E-state index contributed by atoms with van der Waals surface area (Å²) in [5, 5.41) is 25.5. The number of hydrogen-bond acceptors (Lipinski definition) is 7. The third-order valence-electron chi connectivity index (χ3n) is 3.57. The molecule has 13 heteroatoms. The van der Waals surface area contributed by atoms with E-state index in [0.29, 0.717) is 6.42 Å². The van der Waals surface area contributed by atoms with Crippen LogP contribution < -0.4 is 33.2 Å². The summed E-state index contributed by atoms with van der Waals surface area (Å²) in [7, 11) is 0. The van der Waals surface area contributed by atoms with E-state index < -0.39 is 54.5 Å². The van der Waals surface area contributed by atoms with E-state index >= 15 is 0 Å². The van der Waals surface area contributed by atoms with E-state index in [-0.39, 0.29) is 18.9 Å². The normalized spacial score (nSPS) is 14.7. The molecule has 13 nitrogen and oxygen atoms in total. The Hall–Kier alpha value is -2.93. The van der Waals surface area contributed by atoms with E-state index in [0.717, 1.165) is 0 Å². The van der Waals surface area contributed by atoms with Crippen LogP contribution in [0.15, 0.2) is 4.99 Å². The summed E-state index contributed by atoms with van der Waals surface area (Å²) in [5.41, 5.74) is 15.6. The third-order valence-corrected chi connectivity index (χ3v) is 3.57. The lowest BCUT2D eigenvalue weighted by molar-refractivity contribution is -0.142. The molecule has 0 fully saturated rings. The van der Waals surface area contributed by atoms with Crippen molar-refractivity contribution in [1.29, 1.82) is 0 Å². The first-order valence-corrected chi connectivity index (χ1v) is 8.56. The van der Waals surface area contributed by atoms with Crippen LogP contribution in [0.25, 0.3) is 0 Å². The molecule has 28 heavy (non-hydrogen) atoms. The van der Waals surface area contributed by atoms with Gasteiger partial charge in [-0.3, -0.25) is 24.2 Å². The van der Waals surface area contributed by atoms with Gasteiger partial charge in [0.15, 0.2) is 5.96 Å². The molecule has 0 aromatic heterocycles. The molecule has 0 spiro atoms. The number of rotatable bonds is 12. The monoisotopic (exact) mass is 403 g/mol. The van der Waals surface area contributed by atoms with Gasteiger partial charge in [0.1, 0.15) is 18.1 Å². The minimum atomic E-state index is -1.35. The molecule has 0 heterocycles. The van der Waals surface area contributed by atoms with Gasteiger partial charge in [-0.1, -0.05) is 0 Å². The van der Waals surface area contributed by atoms with Gasteiger partial charge in [-0.25, -0.2) is 0 Å². The van der Waals surface area contributed by atoms with Crippen molar-refractivity contribution in [3.05, 3.63) is 0 Å². The first-order chi connectivity index (χ1) is 13.0. The molecule has 0 aliphatic carbocycles. The highest BCUT2D eigenvalue weighted by molar-refractivity contribution is 5.93. The Morgan fingerprint density at radius 2 is 1.64 bits per heavy atom. The molecule has 11 N–H and O–H groups in total. The molecule has 0 aromatic carbocycles. The average Bonchev–Trinajstić information content (AvgIpc) is 2.60. The van der Waals surface area contributed by atoms with Gasteiger partial charge in [-0.2, -0.15) is 0 Å². The number of aliphatic hydroxyl groups excluding tert-OH is 1. The molecule has 4 unspecified atom stereocenters. The van der Waals surface area contributed by atoms with Crippen LogP contribution in [0.5, 0.6) is 0 Å². The van der Waals surface area contributed by atoms with E-state index in [4.69, 9.17) is 22.3 Å². The highest BCUT2D eigenvalue weighted by Crippen LogP contribution is 2.02. The van der Waals surface area contributed by atoms with Gasteiger partial charge in [0.05, 0.1) is 12.6 Å². The van der Waals surface area contributed by atoms with E-state index in [1.807, 2.05) is 0 Å². The minimum absolute atomic E-state index is 0.0814. The van der Waals surface area contributed by atoms with Crippen LogP contribution in [0.4, 0.5) is 0 Å². The Labute approximate surface area is 162 Å². The molecular weight excluding hydrogens is 374 g/mol. The van der Waals surface area contributed by atoms with Crippen molar-refractivity contribution in [2.24, 2.45) is 22.2 Å². The van der Waals surface area contributed by atoms with Crippen LogP contribution >= 0.6 is 0 Å². The first-order valence-electron chi connectivity index (χ1n) is 8.56. The molecule has 0 radical (unpaired) electrons. The van der Waals surface area contributed by atoms with Gasteiger partial charge in [-0.05, 0) is 26.7 Å². The number of nitrogens with zero attached hydrogens (tertiary/aromatic N) is 1. The number of amides is 3. The van der Waals surface area contributed by atoms with Crippen LogP contribution in [0.2, 0.25) is 0 Å². The van der Waals surface area contributed by atoms with Gasteiger partial charge in [-0.15, -0.1) is 0 Å². The summed E-state index contributed by atoms with van der Waals surface area (Å²) in [6.45, 7) is 2.33. The lowest BCUT2D eigenvalue weighted by Gasteiger charge is -2.25. The average molecular weight is 403 g/mol. The van der Waals surface area contributed by atoms with Crippen molar-refractivity contribution in [3.8, 4) is 0 Å². The standard InChI is InChI=1S/C15H29N7O6/c1-7(14(27)28)20-12(25)9(4-3-5-19-15(17)18)21-13(26)11(8(2)23)22-10(24)6-16/h7-9,11,23H,3-6,16H2,1-2H3,(H,20,25)(H,21,26)(H,22,24)(H,27,28)(H4,17,18,19). The Balaban J connectivity index is 5.21. The summed E-state index contributed by atoms with van der Waals surface area (Å²) in [6.07, 6.45) is -0.886. The van der Waals surface area contributed by atoms with Crippen LogP contribution in [0.3, 0.4) is 0 Å². The summed E-state index contributed by atoms with van der Waals surface area (Å²) in [5.74, 6) is -3.64. The number of aliphatic carboxylic acids is 1. The number of carbonyl (C=O) groups excluding carboxylic acids is 3. The molecule has 4 atom stereocenters. The molecule has 0 aliphatic rings. The SMILES string of the molecule is CC(NC(=O)C(CCCN=C(N)N)NC(=O)C(NC(=O)CN)C(C)O)C(=O)O. The fourth-order valence-corrected chi connectivity index (χ4v) is 2.05. The Morgan fingerprint density at radius 1 is 1.04 bits per heavy atom. The molecule has 0 saturated heterocycles. The largest absolute Gasteiger partial charge is 0.480 e. The van der Waals surface area contributed by atoms with Gasteiger partial charge >= 0.3 is 5.97 Å². The molecule has 0 aliphatic heterocycles. The topological polar surface area (TPSA) is 235 Å². The van der Waals surface area contributed by atoms with E-state index in [1.54, 1.807) is 0 Å². The quantitative estimate of drug-likeness (QED) is 0.0897. The second-order valence-corrected chi connectivity index (χ2v) is 6.07. The number of guanidine groups is 1. The third kappa shape index (κ3) is 9.68. The lowest BCUT2D eigenvalue weighted by atomic mass is 10.1. The molecule has 0 rings (SSSR count). The highest BCUT2D eigenvalue weighted by Gasteiger charge is 2.30. The number of nitrogens with one attached hydrogen (secondary N) is 3. The Morgan fingerprint density at radius 3 is 2.11 bits per heavy atom. The van der Waals surface area contributed by atoms with Crippen LogP contribution in [-0.2, 0) is 19.2 Å². The van der Waals surface area contributed by atoms with Crippen molar-refractivity contribution in [1.82, 2.24) is 16.0 Å². The molecular formula is C15H29N7O6. The minimum Gasteiger partial charge on any atom is -0.480 e. The molecule has 0 bridgehead atoms. The number of hydrogen-bond donors (Lipinski definition) is 8. The van der Waals surface area contributed by atoms with Crippen molar-refractivity contribution < 1.29 is 29.4 Å². The number of carboxylic acid groups (broad SMARTS) is 1. The van der Waals surface area contributed by atoms with Crippen molar-refractivity contribution in [2.45, 2.75) is 50.9 Å². The number of carboxylic acids is 1. The first kappa shape index (κ1) is 25.1. The lowest BCUT2D eigenvalue weighted by Crippen LogP contribution is -2.58. The summed E-state index contributed by atoms with van der Waals surface area (Å²) in [4.78, 5) is 50.9. The zero-order valence-corrected chi connectivity index (χ0v) is 15.8. The zero-order chi connectivity index (χ0) is 21.9. The van der Waals surface area contributed by atoms with E-state index in [2.05, 4.69) is 20.9 Å². The van der Waals surface area contributed by atoms with Gasteiger partial charge in [0, 0.05) is 6.54 Å². The molecule has 0 saturated carbocycles. The Kier molecular flexibility index (Phi) is 11.2. The van der Waals surface area contributed by atoms with E-state index in [9.17, 15) is 24.3 Å². The second kappa shape index (κ2) is 12.5. The number of aliphatic hydroxyl groups is 1. The number of aliphatic imine (C=N–C) groups is 1. The zero-order valence-electron chi connectivity index (χ0n) is 15.8. The maximum Gasteiger partial charge on any atom is 0.325 e. The molecule has 160 valence electrons. The second-order valence-electron chi connectivity index (χ2n) is 6.07. The van der Waals surface area contributed by atoms with Gasteiger partial charge < -0.3 is 43.4 Å². The van der Waals surface area contributed by atoms with Crippen LogP contribution in [0.1, 0.15) is 26.7 Å². The summed E-state index contributed by atoms with van der Waals surface area (Å²) < 4.78 is 0. The smallest absolute Gasteiger partial charge is 0.325 e.